The predicted octanol–water partition coefficient (Wildman–Crippen LogP) is 2.89. The molecular weight excluding hydrogens is 244 g/mol. The second kappa shape index (κ2) is 4.95. The zero-order valence-electron chi connectivity index (χ0n) is 8.75. The van der Waals surface area contributed by atoms with Crippen molar-refractivity contribution in [2.45, 2.75) is 62.2 Å². The Labute approximate surface area is 94.5 Å². The van der Waals surface area contributed by atoms with Gasteiger partial charge in [-0.2, -0.15) is 0 Å². The van der Waals surface area contributed by atoms with Gasteiger partial charge in [0.2, 0.25) is 0 Å². The van der Waals surface area contributed by atoms with Crippen molar-refractivity contribution in [1.29, 1.82) is 0 Å². The maximum Gasteiger partial charge on any atom is 0.0962 e. The van der Waals surface area contributed by atoms with Gasteiger partial charge < -0.3 is 9.47 Å². The first-order chi connectivity index (χ1) is 6.81. The minimum Gasteiger partial charge on any atom is -0.374 e. The van der Waals surface area contributed by atoms with E-state index in [-0.39, 0.29) is 0 Å². The molecule has 2 rings (SSSR count). The van der Waals surface area contributed by atoms with Gasteiger partial charge in [0.15, 0.2) is 0 Å². The topological polar surface area (TPSA) is 18.5 Å². The van der Waals surface area contributed by atoms with Crippen LogP contribution >= 0.6 is 15.9 Å². The summed E-state index contributed by atoms with van der Waals surface area (Å²) in [6, 6.07) is 0. The predicted molar refractivity (Wildman–Crippen MR) is 59.9 cm³/mol. The molecule has 0 aliphatic heterocycles. The highest BCUT2D eigenvalue weighted by atomic mass is 79.9. The Balaban J connectivity index is 1.70. The Morgan fingerprint density at radius 3 is 2.64 bits per heavy atom. The summed E-state index contributed by atoms with van der Waals surface area (Å²) in [6.07, 6.45) is 7.25. The van der Waals surface area contributed by atoms with E-state index in [2.05, 4.69) is 22.9 Å². The first kappa shape index (κ1) is 10.9. The van der Waals surface area contributed by atoms with Crippen molar-refractivity contribution in [2.24, 2.45) is 0 Å². The average molecular weight is 263 g/mol. The summed E-state index contributed by atoms with van der Waals surface area (Å²) in [5.74, 6) is 0. The van der Waals surface area contributed by atoms with Gasteiger partial charge in [0.05, 0.1) is 18.3 Å². The Bertz CT molecular complexity index is 182. The molecule has 0 heterocycles. The third-order valence-corrected chi connectivity index (χ3v) is 4.01. The highest BCUT2D eigenvalue weighted by molar-refractivity contribution is 9.09. The third kappa shape index (κ3) is 2.31. The van der Waals surface area contributed by atoms with Gasteiger partial charge in [-0.05, 0) is 32.1 Å². The second-order valence-corrected chi connectivity index (χ2v) is 5.49. The highest BCUT2D eigenvalue weighted by Gasteiger charge is 2.42. The molecule has 2 aliphatic rings. The zero-order valence-corrected chi connectivity index (χ0v) is 10.3. The van der Waals surface area contributed by atoms with E-state index in [1.54, 1.807) is 0 Å². The van der Waals surface area contributed by atoms with Gasteiger partial charge in [-0.25, -0.2) is 0 Å². The Kier molecular flexibility index (Phi) is 3.86. The van der Waals surface area contributed by atoms with E-state index in [1.807, 2.05) is 0 Å². The van der Waals surface area contributed by atoms with Crippen LogP contribution in [0.15, 0.2) is 0 Å². The van der Waals surface area contributed by atoms with Gasteiger partial charge in [-0.1, -0.05) is 22.9 Å². The van der Waals surface area contributed by atoms with E-state index >= 15 is 0 Å². The maximum atomic E-state index is 5.95. The van der Waals surface area contributed by atoms with Gasteiger partial charge in [0, 0.05) is 11.4 Å². The van der Waals surface area contributed by atoms with Crippen LogP contribution in [0.3, 0.4) is 0 Å². The average Bonchev–Trinajstić information content (AvgIpc) is 2.09. The molecule has 0 amide bonds. The lowest BCUT2D eigenvalue weighted by Gasteiger charge is -2.44. The van der Waals surface area contributed by atoms with Crippen LogP contribution in [0.2, 0.25) is 0 Å². The molecule has 3 unspecified atom stereocenters. The highest BCUT2D eigenvalue weighted by Crippen LogP contribution is 2.36. The van der Waals surface area contributed by atoms with Crippen molar-refractivity contribution in [3.05, 3.63) is 0 Å². The lowest BCUT2D eigenvalue weighted by molar-refractivity contribution is -0.160. The molecule has 0 aromatic carbocycles. The van der Waals surface area contributed by atoms with Crippen LogP contribution < -0.4 is 0 Å². The quantitative estimate of drug-likeness (QED) is 0.710. The van der Waals surface area contributed by atoms with E-state index in [4.69, 9.17) is 9.47 Å². The molecule has 14 heavy (non-hydrogen) atoms. The molecule has 82 valence electrons. The minimum atomic E-state index is 0.301. The van der Waals surface area contributed by atoms with E-state index in [1.165, 1.54) is 19.3 Å². The zero-order chi connectivity index (χ0) is 9.97. The van der Waals surface area contributed by atoms with Crippen molar-refractivity contribution in [3.63, 3.8) is 0 Å². The van der Waals surface area contributed by atoms with Gasteiger partial charge >= 0.3 is 0 Å². The normalized spacial score (nSPS) is 37.7. The molecule has 2 aliphatic carbocycles. The second-order valence-electron chi connectivity index (χ2n) is 4.31. The molecule has 0 spiro atoms. The van der Waals surface area contributed by atoms with Crippen LogP contribution in [0.4, 0.5) is 0 Å². The summed E-state index contributed by atoms with van der Waals surface area (Å²) in [7, 11) is 0. The van der Waals surface area contributed by atoms with Crippen molar-refractivity contribution in [2.75, 3.05) is 6.61 Å². The number of hydrogen-bond acceptors (Lipinski definition) is 2. The van der Waals surface area contributed by atoms with Gasteiger partial charge in [0.25, 0.3) is 0 Å². The van der Waals surface area contributed by atoms with Crippen molar-refractivity contribution in [1.82, 2.24) is 0 Å². The molecule has 0 bridgehead atoms. The summed E-state index contributed by atoms with van der Waals surface area (Å²) in [5, 5.41) is 0. The van der Waals surface area contributed by atoms with E-state index in [0.717, 1.165) is 19.4 Å². The van der Waals surface area contributed by atoms with Crippen LogP contribution in [-0.4, -0.2) is 29.7 Å². The van der Waals surface area contributed by atoms with Crippen LogP contribution in [0.1, 0.15) is 39.0 Å². The number of ether oxygens (including phenoxy) is 2. The fourth-order valence-corrected chi connectivity index (χ4v) is 2.74. The van der Waals surface area contributed by atoms with Gasteiger partial charge in [-0.3, -0.25) is 0 Å². The third-order valence-electron chi connectivity index (χ3n) is 3.11. The summed E-state index contributed by atoms with van der Waals surface area (Å²) < 4.78 is 11.7. The largest absolute Gasteiger partial charge is 0.374 e. The van der Waals surface area contributed by atoms with Crippen LogP contribution in [0.5, 0.6) is 0 Å². The molecule has 3 atom stereocenters. The molecule has 0 radical (unpaired) electrons. The minimum absolute atomic E-state index is 0.301. The number of halogens is 1. The number of rotatable bonds is 5. The van der Waals surface area contributed by atoms with Crippen LogP contribution in [-0.2, 0) is 9.47 Å². The molecule has 0 N–H and O–H groups in total. The first-order valence-corrected chi connectivity index (χ1v) is 6.64. The first-order valence-electron chi connectivity index (χ1n) is 5.72. The standard InChI is InChI=1S/C11H19BrO2/c1-2-6-13-11-9(12)7-10(11)14-8-4-3-5-8/h8-11H,2-7H2,1H3. The van der Waals surface area contributed by atoms with Crippen molar-refractivity contribution in [3.8, 4) is 0 Å². The fraction of sp³-hybridized carbons (Fsp3) is 1.00. The fourth-order valence-electron chi connectivity index (χ4n) is 1.88. The summed E-state index contributed by atoms with van der Waals surface area (Å²) in [6.45, 7) is 3.00. The lowest BCUT2D eigenvalue weighted by atomic mass is 9.89. The smallest absolute Gasteiger partial charge is 0.0962 e. The van der Waals surface area contributed by atoms with E-state index in [9.17, 15) is 0 Å². The Morgan fingerprint density at radius 1 is 1.36 bits per heavy atom. The lowest BCUT2D eigenvalue weighted by Crippen LogP contribution is -2.52. The summed E-state index contributed by atoms with van der Waals surface area (Å²) >= 11 is 3.62. The van der Waals surface area contributed by atoms with E-state index < -0.39 is 0 Å². The van der Waals surface area contributed by atoms with E-state index in [0.29, 0.717) is 23.1 Å². The molecule has 3 heteroatoms. The number of alkyl halides is 1. The molecule has 0 saturated heterocycles. The van der Waals surface area contributed by atoms with Crippen LogP contribution in [0, 0.1) is 0 Å². The SMILES string of the molecule is CCCOC1C(Br)CC1OC1CCC1. The van der Waals surface area contributed by atoms with Crippen LogP contribution in [0.25, 0.3) is 0 Å². The molecule has 0 aromatic rings. The molecule has 2 fully saturated rings. The Hall–Kier alpha value is 0.400. The number of hydrogen-bond donors (Lipinski definition) is 0. The molecule has 2 saturated carbocycles. The molecular formula is C11H19BrO2. The summed E-state index contributed by atoms with van der Waals surface area (Å²) in [5.41, 5.74) is 0. The van der Waals surface area contributed by atoms with Crippen molar-refractivity contribution < 1.29 is 9.47 Å². The Morgan fingerprint density at radius 2 is 2.14 bits per heavy atom. The van der Waals surface area contributed by atoms with Gasteiger partial charge in [-0.15, -0.1) is 0 Å². The summed E-state index contributed by atoms with van der Waals surface area (Å²) in [4.78, 5) is 0.513. The monoisotopic (exact) mass is 262 g/mol. The maximum absolute atomic E-state index is 5.95. The molecule has 0 aromatic heterocycles. The van der Waals surface area contributed by atoms with Gasteiger partial charge in [0.1, 0.15) is 0 Å². The molecule has 2 nitrogen and oxygen atoms in total. The van der Waals surface area contributed by atoms with Crippen molar-refractivity contribution >= 4 is 15.9 Å².